The number of benzene rings is 1. The molecule has 6 heteroatoms. The number of hydrogen-bond donors (Lipinski definition) is 1. The Morgan fingerprint density at radius 1 is 1.09 bits per heavy atom. The Hall–Kier alpha value is -2.63. The number of fused-ring (bicyclic) bond motifs is 1. The van der Waals surface area contributed by atoms with E-state index < -0.39 is 11.6 Å². The molecule has 4 nitrogen and oxygen atoms in total. The van der Waals surface area contributed by atoms with Crippen LogP contribution < -0.4 is 5.32 Å². The number of aromatic nitrogens is 2. The van der Waals surface area contributed by atoms with Gasteiger partial charge in [-0.3, -0.25) is 4.79 Å². The summed E-state index contributed by atoms with van der Waals surface area (Å²) in [7, 11) is 0. The molecule has 0 amide bonds. The van der Waals surface area contributed by atoms with Crippen molar-refractivity contribution in [2.24, 2.45) is 0 Å². The van der Waals surface area contributed by atoms with Gasteiger partial charge in [0.25, 0.3) is 0 Å². The molecular weight excluding hydrogens is 288 g/mol. The molecule has 1 aliphatic carbocycles. The molecule has 3 rings (SSSR count). The Balaban J connectivity index is 1.68. The van der Waals surface area contributed by atoms with Crippen molar-refractivity contribution in [1.82, 2.24) is 9.97 Å². The highest BCUT2D eigenvalue weighted by atomic mass is 19.2. The van der Waals surface area contributed by atoms with Gasteiger partial charge in [0.2, 0.25) is 5.95 Å². The fourth-order valence-corrected chi connectivity index (χ4v) is 2.55. The quantitative estimate of drug-likeness (QED) is 0.696. The van der Waals surface area contributed by atoms with Crippen molar-refractivity contribution in [3.63, 3.8) is 0 Å². The number of halogens is 2. The molecule has 112 valence electrons. The van der Waals surface area contributed by atoms with E-state index in [9.17, 15) is 13.6 Å². The third-order valence-electron chi connectivity index (χ3n) is 3.55. The number of anilines is 1. The average Bonchev–Trinajstić information content (AvgIpc) is 2.88. The third-order valence-corrected chi connectivity index (χ3v) is 3.55. The molecule has 0 fully saturated rings. The molecule has 1 aromatic heterocycles. The van der Waals surface area contributed by atoms with E-state index in [2.05, 4.69) is 15.3 Å². The molecule has 0 unspecified atom stereocenters. The number of nitrogens with one attached hydrogen (secondary N) is 1. The highest BCUT2D eigenvalue weighted by Gasteiger charge is 2.23. The molecule has 0 saturated heterocycles. The molecule has 0 atom stereocenters. The maximum atomic E-state index is 13.2. The summed E-state index contributed by atoms with van der Waals surface area (Å²) in [4.78, 5) is 18.5. The lowest BCUT2D eigenvalue weighted by atomic mass is 10.1. The highest BCUT2D eigenvalue weighted by molar-refractivity contribution is 5.73. The molecule has 1 N–H and O–H groups in total. The van der Waals surface area contributed by atoms with Gasteiger partial charge in [0, 0.05) is 24.0 Å². The van der Waals surface area contributed by atoms with Crippen molar-refractivity contribution in [3.05, 3.63) is 58.9 Å². The number of carbonyl (C=O) groups is 1. The van der Waals surface area contributed by atoms with Gasteiger partial charge in [-0.15, -0.1) is 0 Å². The normalized spacial score (nSPS) is 14.3. The Kier molecular flexibility index (Phi) is 3.91. The van der Waals surface area contributed by atoms with Crippen LogP contribution in [0, 0.1) is 11.6 Å². The summed E-state index contributed by atoms with van der Waals surface area (Å²) in [5.41, 5.74) is 2.33. The van der Waals surface area contributed by atoms with Crippen molar-refractivity contribution < 1.29 is 13.6 Å². The molecule has 22 heavy (non-hydrogen) atoms. The average molecular weight is 301 g/mol. The zero-order chi connectivity index (χ0) is 15.5. The SMILES string of the molecule is O=CC=Cc1cnc(NC2Cc3cc(F)c(F)cc3C2)nc1. The lowest BCUT2D eigenvalue weighted by molar-refractivity contribution is -0.104. The van der Waals surface area contributed by atoms with Gasteiger partial charge in [-0.05, 0) is 48.3 Å². The Morgan fingerprint density at radius 2 is 1.68 bits per heavy atom. The number of rotatable bonds is 4. The van der Waals surface area contributed by atoms with Crippen molar-refractivity contribution >= 4 is 18.3 Å². The zero-order valence-corrected chi connectivity index (χ0v) is 11.6. The van der Waals surface area contributed by atoms with Gasteiger partial charge in [-0.2, -0.15) is 0 Å². The van der Waals surface area contributed by atoms with Gasteiger partial charge in [0.15, 0.2) is 11.6 Å². The van der Waals surface area contributed by atoms with E-state index in [-0.39, 0.29) is 6.04 Å². The first-order valence-electron chi connectivity index (χ1n) is 6.83. The first-order valence-corrected chi connectivity index (χ1v) is 6.83. The smallest absolute Gasteiger partial charge is 0.222 e. The zero-order valence-electron chi connectivity index (χ0n) is 11.6. The standard InChI is InChI=1S/C16H13F2N3O/c17-14-6-11-4-13(5-12(11)7-15(14)18)21-16-19-8-10(9-20-16)2-1-3-22/h1-3,6-9,13H,4-5H2,(H,19,20,21). The Morgan fingerprint density at radius 3 is 2.23 bits per heavy atom. The van der Waals surface area contributed by atoms with E-state index in [0.717, 1.165) is 16.7 Å². The van der Waals surface area contributed by atoms with Crippen LogP contribution in [0.4, 0.5) is 14.7 Å². The van der Waals surface area contributed by atoms with E-state index in [1.54, 1.807) is 18.5 Å². The molecule has 2 aromatic rings. The topological polar surface area (TPSA) is 54.9 Å². The van der Waals surface area contributed by atoms with Gasteiger partial charge in [-0.1, -0.05) is 0 Å². The first kappa shape index (κ1) is 14.3. The molecule has 0 bridgehead atoms. The van der Waals surface area contributed by atoms with Gasteiger partial charge < -0.3 is 5.32 Å². The molecule has 1 aliphatic rings. The highest BCUT2D eigenvalue weighted by Crippen LogP contribution is 2.26. The number of carbonyl (C=O) groups excluding carboxylic acids is 1. The maximum absolute atomic E-state index is 13.2. The number of hydrogen-bond acceptors (Lipinski definition) is 4. The van der Waals surface area contributed by atoms with Crippen LogP contribution in [0.3, 0.4) is 0 Å². The second-order valence-corrected chi connectivity index (χ2v) is 5.12. The van der Waals surface area contributed by atoms with E-state index >= 15 is 0 Å². The minimum atomic E-state index is -0.818. The molecular formula is C16H13F2N3O. The molecule has 0 radical (unpaired) electrons. The molecule has 1 aromatic carbocycles. The summed E-state index contributed by atoms with van der Waals surface area (Å²) in [6.07, 6.45) is 8.04. The second kappa shape index (κ2) is 6.01. The predicted octanol–water partition coefficient (Wildman–Crippen LogP) is 2.55. The first-order chi connectivity index (χ1) is 10.7. The van der Waals surface area contributed by atoms with Gasteiger partial charge in [-0.25, -0.2) is 18.7 Å². The summed E-state index contributed by atoms with van der Waals surface area (Å²) in [5.74, 6) is -1.19. The fourth-order valence-electron chi connectivity index (χ4n) is 2.55. The van der Waals surface area contributed by atoms with Crippen LogP contribution in [0.15, 0.2) is 30.6 Å². The maximum Gasteiger partial charge on any atom is 0.222 e. The van der Waals surface area contributed by atoms with Crippen molar-refractivity contribution in [3.8, 4) is 0 Å². The summed E-state index contributed by atoms with van der Waals surface area (Å²) in [6, 6.07) is 2.51. The number of allylic oxidation sites excluding steroid dienone is 1. The van der Waals surface area contributed by atoms with Crippen LogP contribution in [0.2, 0.25) is 0 Å². The third kappa shape index (κ3) is 3.00. The summed E-state index contributed by atoms with van der Waals surface area (Å²) in [6.45, 7) is 0. The molecule has 0 aliphatic heterocycles. The summed E-state index contributed by atoms with van der Waals surface area (Å²) >= 11 is 0. The number of nitrogens with zero attached hydrogens (tertiary/aromatic N) is 2. The lowest BCUT2D eigenvalue weighted by Gasteiger charge is -2.11. The van der Waals surface area contributed by atoms with Crippen LogP contribution in [-0.4, -0.2) is 22.3 Å². The van der Waals surface area contributed by atoms with E-state index in [4.69, 9.17) is 0 Å². The summed E-state index contributed by atoms with van der Waals surface area (Å²) in [5, 5.41) is 3.15. The lowest BCUT2D eigenvalue weighted by Crippen LogP contribution is -2.20. The molecule has 0 spiro atoms. The van der Waals surface area contributed by atoms with Crippen molar-refractivity contribution in [1.29, 1.82) is 0 Å². The Labute approximate surface area is 125 Å². The van der Waals surface area contributed by atoms with Crippen LogP contribution in [0.5, 0.6) is 0 Å². The van der Waals surface area contributed by atoms with E-state index in [1.165, 1.54) is 18.2 Å². The van der Waals surface area contributed by atoms with Crippen LogP contribution in [-0.2, 0) is 17.6 Å². The van der Waals surface area contributed by atoms with Crippen LogP contribution in [0.1, 0.15) is 16.7 Å². The molecule has 0 saturated carbocycles. The minimum absolute atomic E-state index is 0.00701. The van der Waals surface area contributed by atoms with E-state index in [1.807, 2.05) is 0 Å². The van der Waals surface area contributed by atoms with Crippen LogP contribution in [0.25, 0.3) is 6.08 Å². The number of aldehydes is 1. The fraction of sp³-hybridized carbons (Fsp3) is 0.188. The summed E-state index contributed by atoms with van der Waals surface area (Å²) < 4.78 is 26.4. The minimum Gasteiger partial charge on any atom is -0.351 e. The van der Waals surface area contributed by atoms with Crippen LogP contribution >= 0.6 is 0 Å². The van der Waals surface area contributed by atoms with Crippen molar-refractivity contribution in [2.45, 2.75) is 18.9 Å². The van der Waals surface area contributed by atoms with Gasteiger partial charge in [0.05, 0.1) is 0 Å². The van der Waals surface area contributed by atoms with E-state index in [0.29, 0.717) is 25.1 Å². The second-order valence-electron chi connectivity index (χ2n) is 5.12. The van der Waals surface area contributed by atoms with Gasteiger partial charge in [0.1, 0.15) is 6.29 Å². The monoisotopic (exact) mass is 301 g/mol. The largest absolute Gasteiger partial charge is 0.351 e. The molecule has 1 heterocycles. The Bertz CT molecular complexity index is 698. The van der Waals surface area contributed by atoms with Gasteiger partial charge >= 0.3 is 0 Å². The van der Waals surface area contributed by atoms with Crippen molar-refractivity contribution in [2.75, 3.05) is 5.32 Å². The predicted molar refractivity (Wildman–Crippen MR) is 78.3 cm³/mol.